The fourth-order valence-corrected chi connectivity index (χ4v) is 2.30. The Hall–Kier alpha value is -2.31. The molecule has 3 heteroatoms. The second-order valence-electron chi connectivity index (χ2n) is 5.35. The highest BCUT2D eigenvalue weighted by Gasteiger charge is 2.04. The second kappa shape index (κ2) is 8.21. The molecule has 0 aliphatic carbocycles. The number of hydrogen-bond acceptors (Lipinski definition) is 3. The predicted octanol–water partition coefficient (Wildman–Crippen LogP) is 3.36. The first kappa shape index (κ1) is 16.1. The standard InChI is InChI=1S/C19H22N2O/c1-3-12-21(15-17-8-5-11-19(22)14-17)13-6-10-18-9-4-7-16(2)20-18/h4-5,7-9,11,14,22H,3,12-13,15H2,1-2H3. The van der Waals surface area contributed by atoms with Crippen molar-refractivity contribution in [3.63, 3.8) is 0 Å². The number of benzene rings is 1. The first-order chi connectivity index (χ1) is 10.7. The van der Waals surface area contributed by atoms with Crippen molar-refractivity contribution in [2.75, 3.05) is 13.1 Å². The Bertz CT molecular complexity index is 670. The molecule has 3 nitrogen and oxygen atoms in total. The molecule has 0 atom stereocenters. The third-order valence-electron chi connectivity index (χ3n) is 3.26. The van der Waals surface area contributed by atoms with Gasteiger partial charge in [0.1, 0.15) is 11.4 Å². The third-order valence-corrected chi connectivity index (χ3v) is 3.26. The summed E-state index contributed by atoms with van der Waals surface area (Å²) in [5.41, 5.74) is 2.90. The maximum Gasteiger partial charge on any atom is 0.115 e. The molecule has 114 valence electrons. The second-order valence-corrected chi connectivity index (χ2v) is 5.35. The van der Waals surface area contributed by atoms with Crippen LogP contribution in [0.3, 0.4) is 0 Å². The minimum atomic E-state index is 0.309. The lowest BCUT2D eigenvalue weighted by Crippen LogP contribution is -2.24. The normalized spacial score (nSPS) is 10.3. The van der Waals surface area contributed by atoms with E-state index in [1.807, 2.05) is 37.3 Å². The molecule has 1 aromatic carbocycles. The Morgan fingerprint density at radius 2 is 2.00 bits per heavy atom. The lowest BCUT2D eigenvalue weighted by atomic mass is 10.2. The van der Waals surface area contributed by atoms with Crippen molar-refractivity contribution in [2.24, 2.45) is 0 Å². The van der Waals surface area contributed by atoms with E-state index in [1.165, 1.54) is 0 Å². The molecule has 22 heavy (non-hydrogen) atoms. The minimum absolute atomic E-state index is 0.309. The van der Waals surface area contributed by atoms with Crippen LogP contribution in [0, 0.1) is 18.8 Å². The van der Waals surface area contributed by atoms with Gasteiger partial charge < -0.3 is 5.11 Å². The highest BCUT2D eigenvalue weighted by molar-refractivity contribution is 5.29. The molecule has 0 spiro atoms. The molecular formula is C19H22N2O. The summed E-state index contributed by atoms with van der Waals surface area (Å²) in [4.78, 5) is 6.66. The summed E-state index contributed by atoms with van der Waals surface area (Å²) in [6.45, 7) is 6.59. The Morgan fingerprint density at radius 1 is 1.18 bits per heavy atom. The summed E-state index contributed by atoms with van der Waals surface area (Å²) in [5, 5.41) is 9.55. The smallest absolute Gasteiger partial charge is 0.115 e. The van der Waals surface area contributed by atoms with Crippen LogP contribution >= 0.6 is 0 Å². The lowest BCUT2D eigenvalue weighted by Gasteiger charge is -2.18. The number of phenols is 1. The third kappa shape index (κ3) is 5.23. The lowest BCUT2D eigenvalue weighted by molar-refractivity contribution is 0.299. The summed E-state index contributed by atoms with van der Waals surface area (Å²) in [7, 11) is 0. The van der Waals surface area contributed by atoms with Crippen LogP contribution in [-0.4, -0.2) is 28.1 Å². The van der Waals surface area contributed by atoms with Crippen LogP contribution in [0.2, 0.25) is 0 Å². The van der Waals surface area contributed by atoms with Gasteiger partial charge in [0.25, 0.3) is 0 Å². The Balaban J connectivity index is 2.00. The quantitative estimate of drug-likeness (QED) is 0.859. The molecule has 0 saturated carbocycles. The fourth-order valence-electron chi connectivity index (χ4n) is 2.30. The van der Waals surface area contributed by atoms with Gasteiger partial charge in [-0.2, -0.15) is 0 Å². The maximum absolute atomic E-state index is 9.55. The molecule has 1 heterocycles. The molecule has 1 aromatic heterocycles. The van der Waals surface area contributed by atoms with Crippen molar-refractivity contribution in [1.82, 2.24) is 9.88 Å². The van der Waals surface area contributed by atoms with Crippen molar-refractivity contribution in [1.29, 1.82) is 0 Å². The van der Waals surface area contributed by atoms with E-state index in [-0.39, 0.29) is 0 Å². The van der Waals surface area contributed by atoms with Gasteiger partial charge in [0.2, 0.25) is 0 Å². The van der Waals surface area contributed by atoms with E-state index in [2.05, 4.69) is 28.6 Å². The first-order valence-electron chi connectivity index (χ1n) is 7.60. The van der Waals surface area contributed by atoms with Gasteiger partial charge >= 0.3 is 0 Å². The average Bonchev–Trinajstić information content (AvgIpc) is 2.47. The molecule has 0 amide bonds. The predicted molar refractivity (Wildman–Crippen MR) is 89.5 cm³/mol. The van der Waals surface area contributed by atoms with Crippen LogP contribution in [0.15, 0.2) is 42.5 Å². The van der Waals surface area contributed by atoms with E-state index in [4.69, 9.17) is 0 Å². The van der Waals surface area contributed by atoms with Gasteiger partial charge in [-0.3, -0.25) is 4.90 Å². The number of aryl methyl sites for hydroxylation is 1. The van der Waals surface area contributed by atoms with Gasteiger partial charge in [0.15, 0.2) is 0 Å². The van der Waals surface area contributed by atoms with E-state index < -0.39 is 0 Å². The van der Waals surface area contributed by atoms with Crippen molar-refractivity contribution < 1.29 is 5.11 Å². The number of rotatable bonds is 5. The number of aromatic hydroxyl groups is 1. The fraction of sp³-hybridized carbons (Fsp3) is 0.316. The molecule has 0 unspecified atom stereocenters. The number of aromatic nitrogens is 1. The molecule has 0 bridgehead atoms. The molecule has 1 N–H and O–H groups in total. The van der Waals surface area contributed by atoms with Crippen LogP contribution in [0.25, 0.3) is 0 Å². The van der Waals surface area contributed by atoms with Gasteiger partial charge in [0.05, 0.1) is 6.54 Å². The molecular weight excluding hydrogens is 272 g/mol. The van der Waals surface area contributed by atoms with Gasteiger partial charge in [-0.15, -0.1) is 0 Å². The molecule has 0 aliphatic rings. The largest absolute Gasteiger partial charge is 0.508 e. The first-order valence-corrected chi connectivity index (χ1v) is 7.60. The summed E-state index contributed by atoms with van der Waals surface area (Å²) in [5.74, 6) is 6.63. The zero-order valence-corrected chi connectivity index (χ0v) is 13.2. The Morgan fingerprint density at radius 3 is 2.73 bits per heavy atom. The van der Waals surface area contributed by atoms with Crippen LogP contribution in [0.5, 0.6) is 5.75 Å². The maximum atomic E-state index is 9.55. The summed E-state index contributed by atoms with van der Waals surface area (Å²) in [6, 6.07) is 13.3. The van der Waals surface area contributed by atoms with Gasteiger partial charge in [-0.05, 0) is 55.6 Å². The van der Waals surface area contributed by atoms with Crippen molar-refractivity contribution >= 4 is 0 Å². The van der Waals surface area contributed by atoms with Crippen LogP contribution < -0.4 is 0 Å². The van der Waals surface area contributed by atoms with Crippen LogP contribution in [-0.2, 0) is 6.54 Å². The van der Waals surface area contributed by atoms with Gasteiger partial charge in [-0.1, -0.05) is 31.0 Å². The van der Waals surface area contributed by atoms with Gasteiger partial charge in [-0.25, -0.2) is 4.98 Å². The Kier molecular flexibility index (Phi) is 6.00. The van der Waals surface area contributed by atoms with Crippen molar-refractivity contribution in [3.8, 4) is 17.6 Å². The Labute approximate surface area is 132 Å². The van der Waals surface area contributed by atoms with Crippen molar-refractivity contribution in [2.45, 2.75) is 26.8 Å². The summed E-state index contributed by atoms with van der Waals surface area (Å²) in [6.07, 6.45) is 1.07. The summed E-state index contributed by atoms with van der Waals surface area (Å²) < 4.78 is 0. The zero-order valence-electron chi connectivity index (χ0n) is 13.2. The SMILES string of the molecule is CCCN(CC#Cc1cccc(C)n1)Cc1cccc(O)c1. The van der Waals surface area contributed by atoms with Crippen LogP contribution in [0.4, 0.5) is 0 Å². The number of pyridine rings is 1. The monoisotopic (exact) mass is 294 g/mol. The number of hydrogen-bond donors (Lipinski definition) is 1. The van der Waals surface area contributed by atoms with E-state index in [1.54, 1.807) is 12.1 Å². The van der Waals surface area contributed by atoms with Gasteiger partial charge in [0, 0.05) is 12.2 Å². The van der Waals surface area contributed by atoms with E-state index in [9.17, 15) is 5.11 Å². The van der Waals surface area contributed by atoms with Crippen molar-refractivity contribution in [3.05, 3.63) is 59.4 Å². The minimum Gasteiger partial charge on any atom is -0.508 e. The molecule has 0 saturated heterocycles. The molecule has 0 fully saturated rings. The zero-order chi connectivity index (χ0) is 15.8. The van der Waals surface area contributed by atoms with E-state index in [0.29, 0.717) is 12.3 Å². The summed E-state index contributed by atoms with van der Waals surface area (Å²) >= 11 is 0. The molecule has 2 rings (SSSR count). The molecule has 0 aliphatic heterocycles. The topological polar surface area (TPSA) is 36.4 Å². The van der Waals surface area contributed by atoms with Crippen LogP contribution in [0.1, 0.15) is 30.3 Å². The van der Waals surface area contributed by atoms with E-state index in [0.717, 1.165) is 36.5 Å². The molecule has 0 radical (unpaired) electrons. The average molecular weight is 294 g/mol. The van der Waals surface area contributed by atoms with E-state index >= 15 is 0 Å². The number of nitrogens with zero attached hydrogens (tertiary/aromatic N) is 2. The highest BCUT2D eigenvalue weighted by Crippen LogP contribution is 2.13. The molecule has 2 aromatic rings. The highest BCUT2D eigenvalue weighted by atomic mass is 16.3. The number of phenolic OH excluding ortho intramolecular Hbond substituents is 1.